The van der Waals surface area contributed by atoms with Gasteiger partial charge in [0.1, 0.15) is 11.5 Å². The zero-order valence-corrected chi connectivity index (χ0v) is 35.6. The van der Waals surface area contributed by atoms with E-state index < -0.39 is 40.5 Å². The van der Waals surface area contributed by atoms with Crippen molar-refractivity contribution in [2.24, 2.45) is 28.3 Å². The van der Waals surface area contributed by atoms with Gasteiger partial charge in [0.25, 0.3) is 0 Å². The third kappa shape index (κ3) is 10.3. The van der Waals surface area contributed by atoms with Crippen molar-refractivity contribution in [3.05, 3.63) is 64.8 Å². The van der Waals surface area contributed by atoms with Gasteiger partial charge in [-0.2, -0.15) is 0 Å². The quantitative estimate of drug-likeness (QED) is 0.127. The van der Waals surface area contributed by atoms with E-state index in [1.54, 1.807) is 18.1 Å². The van der Waals surface area contributed by atoms with Crippen molar-refractivity contribution in [3.8, 4) is 5.75 Å². The smallest absolute Gasteiger partial charge is 0.227 e. The molecule has 0 unspecified atom stereocenters. The Balaban J connectivity index is 1.17. The van der Waals surface area contributed by atoms with Crippen molar-refractivity contribution in [3.63, 3.8) is 0 Å². The lowest BCUT2D eigenvalue weighted by molar-refractivity contribution is -0.147. The number of carbonyl (C=O) groups excluding carboxylic acids is 5. The van der Waals surface area contributed by atoms with E-state index in [4.69, 9.17) is 21.2 Å². The molecule has 1 saturated carbocycles. The highest BCUT2D eigenvalue weighted by atomic mass is 35.5. The van der Waals surface area contributed by atoms with Gasteiger partial charge in [-0.1, -0.05) is 95.1 Å². The Hall–Kier alpha value is -4.31. The number of ketones is 4. The van der Waals surface area contributed by atoms with Crippen LogP contribution in [0, 0.1) is 23.2 Å². The van der Waals surface area contributed by atoms with Crippen LogP contribution in [0.1, 0.15) is 129 Å². The second kappa shape index (κ2) is 18.7. The Labute approximate surface area is 347 Å². The molecule has 0 radical (unpaired) electrons. The van der Waals surface area contributed by atoms with E-state index in [0.717, 1.165) is 53.5 Å². The highest BCUT2D eigenvalue weighted by molar-refractivity contribution is 6.38. The number of nitrogens with one attached hydrogen (secondary N) is 1. The molecule has 10 nitrogen and oxygen atoms in total. The lowest BCUT2D eigenvalue weighted by atomic mass is 9.75. The summed E-state index contributed by atoms with van der Waals surface area (Å²) in [5.74, 6) is -1.82. The Kier molecular flexibility index (Phi) is 14.0. The van der Waals surface area contributed by atoms with Crippen LogP contribution < -0.4 is 4.74 Å². The molecule has 2 aromatic carbocycles. The van der Waals surface area contributed by atoms with Gasteiger partial charge in [0, 0.05) is 84.1 Å². The number of oxime groups is 1. The number of amides is 1. The van der Waals surface area contributed by atoms with Gasteiger partial charge < -0.3 is 19.5 Å². The predicted molar refractivity (Wildman–Crippen MR) is 226 cm³/mol. The highest BCUT2D eigenvalue weighted by Crippen LogP contribution is 2.43. The molecule has 1 aromatic heterocycles. The maximum absolute atomic E-state index is 14.8. The Bertz CT molecular complexity index is 2020. The van der Waals surface area contributed by atoms with E-state index in [-0.39, 0.29) is 49.7 Å². The number of hydrogen-bond donors (Lipinski definition) is 1. The minimum absolute atomic E-state index is 0.0762. The van der Waals surface area contributed by atoms with Gasteiger partial charge in [-0.25, -0.2) is 0 Å². The number of carbonyl (C=O) groups is 5. The number of likely N-dealkylation sites (tertiary alicyclic amines) is 1. The number of H-pyrrole nitrogens is 1. The van der Waals surface area contributed by atoms with E-state index in [1.165, 1.54) is 6.42 Å². The monoisotopic (exact) mass is 813 g/mol. The van der Waals surface area contributed by atoms with Crippen LogP contribution in [0.5, 0.6) is 5.75 Å². The maximum Gasteiger partial charge on any atom is 0.227 e. The molecule has 4 atom stereocenters. The Morgan fingerprint density at radius 2 is 1.83 bits per heavy atom. The number of aromatic amines is 1. The van der Waals surface area contributed by atoms with E-state index in [2.05, 4.69) is 10.1 Å². The minimum Gasteiger partial charge on any atom is -0.497 e. The SMILES string of the molecule is CCC[C@H](CC(=O)[C@@H]1C[C@]2(CC(c3cccc(Cl)c3)=NO2)CN1C(=O)[C@@H](CC(=O)CC1CCCCC1)C(C)(C)C)C(=O)C(=O)CCCc1c[nH]c2cc(OC)ccc12. The summed E-state index contributed by atoms with van der Waals surface area (Å²) in [7, 11) is 1.62. The number of hydrogen-bond acceptors (Lipinski definition) is 8. The topological polar surface area (TPSA) is 135 Å². The van der Waals surface area contributed by atoms with Crippen molar-refractivity contribution in [1.29, 1.82) is 0 Å². The molecule has 0 bridgehead atoms. The number of fused-ring (bicyclic) bond motifs is 1. The summed E-state index contributed by atoms with van der Waals surface area (Å²) in [4.78, 5) is 81.2. The van der Waals surface area contributed by atoms with E-state index in [0.29, 0.717) is 55.2 Å². The second-order valence-corrected chi connectivity index (χ2v) is 18.5. The van der Waals surface area contributed by atoms with Gasteiger partial charge in [-0.3, -0.25) is 24.0 Å². The van der Waals surface area contributed by atoms with E-state index >= 15 is 0 Å². The third-order valence-corrected chi connectivity index (χ3v) is 12.9. The van der Waals surface area contributed by atoms with Crippen LogP contribution in [0.2, 0.25) is 5.02 Å². The molecule has 312 valence electrons. The van der Waals surface area contributed by atoms with Crippen molar-refractivity contribution in [2.45, 2.75) is 136 Å². The second-order valence-electron chi connectivity index (χ2n) is 18.1. The number of halogens is 1. The fourth-order valence-corrected chi connectivity index (χ4v) is 9.53. The van der Waals surface area contributed by atoms with Crippen LogP contribution in [-0.4, -0.2) is 69.9 Å². The molecule has 1 amide bonds. The first kappa shape index (κ1) is 43.3. The molecule has 3 heterocycles. The lowest BCUT2D eigenvalue weighted by Gasteiger charge is -2.35. The average Bonchev–Trinajstić information content (AvgIpc) is 3.92. The molecule has 1 spiro atoms. The number of Topliss-reactive ketones (excluding diaryl/α,β-unsaturated/α-hetero) is 4. The van der Waals surface area contributed by atoms with Gasteiger partial charge in [0.15, 0.2) is 17.2 Å². The molecule has 3 aromatic rings. The molecule has 6 rings (SSSR count). The normalized spacial score (nSPS) is 20.8. The van der Waals surface area contributed by atoms with Crippen LogP contribution >= 0.6 is 11.6 Å². The summed E-state index contributed by atoms with van der Waals surface area (Å²) in [6.45, 7) is 7.95. The van der Waals surface area contributed by atoms with Gasteiger partial charge >= 0.3 is 0 Å². The molecular weight excluding hydrogens is 754 g/mol. The molecule has 1 N–H and O–H groups in total. The number of aryl methyl sites for hydroxylation is 1. The van der Waals surface area contributed by atoms with Crippen molar-refractivity contribution >= 4 is 57.3 Å². The molecule has 1 aliphatic carbocycles. The van der Waals surface area contributed by atoms with Crippen LogP contribution in [0.15, 0.2) is 53.8 Å². The first-order chi connectivity index (χ1) is 27.7. The largest absolute Gasteiger partial charge is 0.497 e. The summed E-state index contributed by atoms with van der Waals surface area (Å²) < 4.78 is 5.33. The maximum atomic E-state index is 14.8. The summed E-state index contributed by atoms with van der Waals surface area (Å²) >= 11 is 6.31. The minimum atomic E-state index is -0.963. The summed E-state index contributed by atoms with van der Waals surface area (Å²) in [6, 6.07) is 12.2. The van der Waals surface area contributed by atoms with Gasteiger partial charge in [-0.15, -0.1) is 0 Å². The molecular formula is C47H60ClN3O7. The summed E-state index contributed by atoms with van der Waals surface area (Å²) in [6.07, 6.45) is 10.6. The van der Waals surface area contributed by atoms with Crippen LogP contribution in [-0.2, 0) is 35.2 Å². The van der Waals surface area contributed by atoms with Gasteiger partial charge in [-0.05, 0) is 60.4 Å². The third-order valence-electron chi connectivity index (χ3n) is 12.6. The first-order valence-electron chi connectivity index (χ1n) is 21.3. The lowest BCUT2D eigenvalue weighted by Crippen LogP contribution is -2.48. The number of rotatable bonds is 18. The number of ether oxygens (including phenoxy) is 1. The van der Waals surface area contributed by atoms with Crippen molar-refractivity contribution in [1.82, 2.24) is 9.88 Å². The average molecular weight is 814 g/mol. The fraction of sp³-hybridized carbons (Fsp3) is 0.574. The summed E-state index contributed by atoms with van der Waals surface area (Å²) in [5.41, 5.74) is 1.95. The highest BCUT2D eigenvalue weighted by Gasteiger charge is 2.55. The van der Waals surface area contributed by atoms with E-state index in [9.17, 15) is 24.0 Å². The van der Waals surface area contributed by atoms with Crippen LogP contribution in [0.3, 0.4) is 0 Å². The fourth-order valence-electron chi connectivity index (χ4n) is 9.34. The van der Waals surface area contributed by atoms with Crippen LogP contribution in [0.4, 0.5) is 0 Å². The van der Waals surface area contributed by atoms with Gasteiger partial charge in [0.05, 0.1) is 25.4 Å². The molecule has 3 aliphatic rings. The molecule has 58 heavy (non-hydrogen) atoms. The Morgan fingerprint density at radius 1 is 1.05 bits per heavy atom. The number of nitrogens with zero attached hydrogens (tertiary/aromatic N) is 2. The summed E-state index contributed by atoms with van der Waals surface area (Å²) in [5, 5.41) is 6.04. The molecule has 11 heteroatoms. The zero-order chi connectivity index (χ0) is 41.6. The number of methoxy groups -OCH3 is 1. The van der Waals surface area contributed by atoms with Gasteiger partial charge in [0.2, 0.25) is 11.7 Å². The molecule has 1 saturated heterocycles. The zero-order valence-electron chi connectivity index (χ0n) is 34.9. The first-order valence-corrected chi connectivity index (χ1v) is 21.6. The Morgan fingerprint density at radius 3 is 2.53 bits per heavy atom. The molecule has 2 fully saturated rings. The number of benzene rings is 2. The van der Waals surface area contributed by atoms with Crippen molar-refractivity contribution < 1.29 is 33.5 Å². The van der Waals surface area contributed by atoms with E-state index in [1.807, 2.05) is 70.3 Å². The van der Waals surface area contributed by atoms with Crippen LogP contribution in [0.25, 0.3) is 10.9 Å². The standard InChI is InChI=1S/C47H60ClN3O7/c1-6-12-32(44(55)42(53)18-11-16-33-28-49-39-25-36(57-5)19-20-37(33)39)23-43(54)41-27-47(26-40(50-58-47)31-15-10-17-34(48)22-31)29-51(41)45(56)38(46(2,3)4)24-35(52)21-30-13-8-7-9-14-30/h10,15,17,19-20,22,25,28,30,32,38,41,49H,6-9,11-14,16,18,21,23-24,26-27,29H2,1-5H3/t32-,38-,41+,47-/m1/s1. The predicted octanol–water partition coefficient (Wildman–Crippen LogP) is 9.42. The number of aromatic nitrogens is 1. The van der Waals surface area contributed by atoms with Crippen molar-refractivity contribution in [2.75, 3.05) is 13.7 Å². The molecule has 2 aliphatic heterocycles.